The Kier molecular flexibility index (Phi) is 5.84. The van der Waals surface area contributed by atoms with Crippen molar-refractivity contribution in [3.8, 4) is 11.5 Å². The standard InChI is InChI=1S/C17H24N2O4/c1-4-5-8-19-11-12(9-16(19)20)17(21)18-14-7-6-13(22-2)10-15(14)23-3/h6-7,10,12H,4-5,8-9,11H2,1-3H3,(H,18,21). The van der Waals surface area contributed by atoms with Crippen molar-refractivity contribution in [3.63, 3.8) is 0 Å². The fourth-order valence-corrected chi connectivity index (χ4v) is 2.65. The number of nitrogens with zero attached hydrogens (tertiary/aromatic N) is 1. The summed E-state index contributed by atoms with van der Waals surface area (Å²) >= 11 is 0. The van der Waals surface area contributed by atoms with Crippen LogP contribution in [0.25, 0.3) is 0 Å². The van der Waals surface area contributed by atoms with E-state index in [0.29, 0.717) is 23.7 Å². The molecule has 1 fully saturated rings. The zero-order valence-corrected chi connectivity index (χ0v) is 13.9. The minimum absolute atomic E-state index is 0.0558. The predicted octanol–water partition coefficient (Wildman–Crippen LogP) is 2.29. The number of likely N-dealkylation sites (tertiary alicyclic amines) is 1. The number of nitrogens with one attached hydrogen (secondary N) is 1. The Hall–Kier alpha value is -2.24. The first-order valence-corrected chi connectivity index (χ1v) is 7.89. The van der Waals surface area contributed by atoms with E-state index < -0.39 is 0 Å². The number of hydrogen-bond donors (Lipinski definition) is 1. The largest absolute Gasteiger partial charge is 0.497 e. The van der Waals surface area contributed by atoms with Crippen LogP contribution in [0.4, 0.5) is 5.69 Å². The van der Waals surface area contributed by atoms with Crippen molar-refractivity contribution in [3.05, 3.63) is 18.2 Å². The summed E-state index contributed by atoms with van der Waals surface area (Å²) in [6.07, 6.45) is 2.27. The molecule has 2 rings (SSSR count). The summed E-state index contributed by atoms with van der Waals surface area (Å²) in [5, 5.41) is 2.85. The van der Waals surface area contributed by atoms with Gasteiger partial charge >= 0.3 is 0 Å². The molecule has 6 heteroatoms. The zero-order valence-electron chi connectivity index (χ0n) is 13.9. The Morgan fingerprint density at radius 2 is 2.13 bits per heavy atom. The molecule has 0 saturated carbocycles. The summed E-state index contributed by atoms with van der Waals surface area (Å²) in [6, 6.07) is 5.20. The van der Waals surface area contributed by atoms with Crippen LogP contribution < -0.4 is 14.8 Å². The van der Waals surface area contributed by atoms with Gasteiger partial charge in [-0.2, -0.15) is 0 Å². The van der Waals surface area contributed by atoms with Crippen molar-refractivity contribution in [1.29, 1.82) is 0 Å². The van der Waals surface area contributed by atoms with Crippen LogP contribution in [0, 0.1) is 5.92 Å². The molecule has 23 heavy (non-hydrogen) atoms. The van der Waals surface area contributed by atoms with Crippen molar-refractivity contribution in [1.82, 2.24) is 4.90 Å². The van der Waals surface area contributed by atoms with E-state index in [2.05, 4.69) is 12.2 Å². The molecule has 1 N–H and O–H groups in total. The van der Waals surface area contributed by atoms with Gasteiger partial charge in [-0.15, -0.1) is 0 Å². The number of carbonyl (C=O) groups is 2. The van der Waals surface area contributed by atoms with Crippen molar-refractivity contribution in [2.24, 2.45) is 5.92 Å². The van der Waals surface area contributed by atoms with E-state index in [1.807, 2.05) is 0 Å². The highest BCUT2D eigenvalue weighted by Crippen LogP contribution is 2.30. The fraction of sp³-hybridized carbons (Fsp3) is 0.529. The van der Waals surface area contributed by atoms with E-state index in [0.717, 1.165) is 19.4 Å². The van der Waals surface area contributed by atoms with Crippen LogP contribution in [-0.2, 0) is 9.59 Å². The van der Waals surface area contributed by atoms with Crippen LogP contribution >= 0.6 is 0 Å². The van der Waals surface area contributed by atoms with Crippen molar-refractivity contribution in [2.75, 3.05) is 32.6 Å². The zero-order chi connectivity index (χ0) is 16.8. The molecule has 2 amide bonds. The summed E-state index contributed by atoms with van der Waals surface area (Å²) in [6.45, 7) is 3.30. The van der Waals surface area contributed by atoms with Gasteiger partial charge in [0, 0.05) is 25.6 Å². The Balaban J connectivity index is 2.01. The molecule has 0 bridgehead atoms. The highest BCUT2D eigenvalue weighted by molar-refractivity contribution is 5.98. The van der Waals surface area contributed by atoms with Gasteiger partial charge in [-0.3, -0.25) is 9.59 Å². The molecule has 1 saturated heterocycles. The first-order chi connectivity index (χ1) is 11.1. The number of anilines is 1. The third-order valence-corrected chi connectivity index (χ3v) is 4.03. The second kappa shape index (κ2) is 7.85. The second-order valence-electron chi connectivity index (χ2n) is 5.65. The molecule has 0 aliphatic carbocycles. The number of methoxy groups -OCH3 is 2. The highest BCUT2D eigenvalue weighted by atomic mass is 16.5. The number of unbranched alkanes of at least 4 members (excludes halogenated alkanes) is 1. The minimum atomic E-state index is -0.314. The van der Waals surface area contributed by atoms with Crippen LogP contribution in [0.15, 0.2) is 18.2 Å². The van der Waals surface area contributed by atoms with Gasteiger partial charge in [-0.05, 0) is 18.6 Å². The van der Waals surface area contributed by atoms with Crippen LogP contribution in [0.3, 0.4) is 0 Å². The van der Waals surface area contributed by atoms with Crippen molar-refractivity contribution in [2.45, 2.75) is 26.2 Å². The molecule has 1 heterocycles. The van der Waals surface area contributed by atoms with Crippen LogP contribution in [0.5, 0.6) is 11.5 Å². The normalized spacial score (nSPS) is 17.3. The van der Waals surface area contributed by atoms with E-state index in [4.69, 9.17) is 9.47 Å². The topological polar surface area (TPSA) is 67.9 Å². The lowest BCUT2D eigenvalue weighted by molar-refractivity contribution is -0.128. The molecule has 1 aromatic rings. The van der Waals surface area contributed by atoms with Gasteiger partial charge in [0.15, 0.2) is 0 Å². The molecule has 0 aromatic heterocycles. The van der Waals surface area contributed by atoms with E-state index >= 15 is 0 Å². The summed E-state index contributed by atoms with van der Waals surface area (Å²) in [5.74, 6) is 0.777. The number of ether oxygens (including phenoxy) is 2. The highest BCUT2D eigenvalue weighted by Gasteiger charge is 2.34. The van der Waals surface area contributed by atoms with Gasteiger partial charge < -0.3 is 19.7 Å². The average molecular weight is 320 g/mol. The summed E-state index contributed by atoms with van der Waals surface area (Å²) in [7, 11) is 3.11. The molecule has 1 aromatic carbocycles. The smallest absolute Gasteiger partial charge is 0.229 e. The molecular weight excluding hydrogens is 296 g/mol. The maximum Gasteiger partial charge on any atom is 0.229 e. The Morgan fingerprint density at radius 1 is 1.35 bits per heavy atom. The van der Waals surface area contributed by atoms with E-state index in [9.17, 15) is 9.59 Å². The lowest BCUT2D eigenvalue weighted by Crippen LogP contribution is -2.29. The molecule has 0 radical (unpaired) electrons. The SMILES string of the molecule is CCCCN1CC(C(=O)Nc2ccc(OC)cc2OC)CC1=O. The van der Waals surface area contributed by atoms with Crippen LogP contribution in [0.2, 0.25) is 0 Å². The maximum atomic E-state index is 12.4. The van der Waals surface area contributed by atoms with E-state index in [1.165, 1.54) is 7.11 Å². The van der Waals surface area contributed by atoms with Crippen LogP contribution in [0.1, 0.15) is 26.2 Å². The number of carbonyl (C=O) groups excluding carboxylic acids is 2. The molecule has 1 atom stereocenters. The van der Waals surface area contributed by atoms with Gasteiger partial charge in [0.2, 0.25) is 11.8 Å². The molecule has 1 unspecified atom stereocenters. The van der Waals surface area contributed by atoms with E-state index in [1.54, 1.807) is 30.2 Å². The monoisotopic (exact) mass is 320 g/mol. The number of rotatable bonds is 7. The van der Waals surface area contributed by atoms with Gasteiger partial charge in [0.1, 0.15) is 11.5 Å². The average Bonchev–Trinajstić information content (AvgIpc) is 2.94. The number of amides is 2. The molecular formula is C17H24N2O4. The number of benzene rings is 1. The Bertz CT molecular complexity index is 574. The maximum absolute atomic E-state index is 12.4. The van der Waals surface area contributed by atoms with Gasteiger partial charge in [-0.25, -0.2) is 0 Å². The lowest BCUT2D eigenvalue weighted by Gasteiger charge is -2.16. The Labute approximate surface area is 136 Å². The fourth-order valence-electron chi connectivity index (χ4n) is 2.65. The van der Waals surface area contributed by atoms with Crippen molar-refractivity contribution >= 4 is 17.5 Å². The molecule has 126 valence electrons. The molecule has 6 nitrogen and oxygen atoms in total. The minimum Gasteiger partial charge on any atom is -0.497 e. The van der Waals surface area contributed by atoms with Gasteiger partial charge in [0.05, 0.1) is 25.8 Å². The molecule has 1 aliphatic rings. The third kappa shape index (κ3) is 4.15. The number of hydrogen-bond acceptors (Lipinski definition) is 4. The predicted molar refractivity (Wildman–Crippen MR) is 87.8 cm³/mol. The van der Waals surface area contributed by atoms with Crippen LogP contribution in [-0.4, -0.2) is 44.0 Å². The summed E-state index contributed by atoms with van der Waals surface area (Å²) < 4.78 is 10.4. The quantitative estimate of drug-likeness (QED) is 0.837. The lowest BCUT2D eigenvalue weighted by atomic mass is 10.1. The molecule has 0 spiro atoms. The van der Waals surface area contributed by atoms with Gasteiger partial charge in [-0.1, -0.05) is 13.3 Å². The summed E-state index contributed by atoms with van der Waals surface area (Å²) in [5.41, 5.74) is 0.581. The first-order valence-electron chi connectivity index (χ1n) is 7.89. The summed E-state index contributed by atoms with van der Waals surface area (Å²) in [4.78, 5) is 26.2. The second-order valence-corrected chi connectivity index (χ2v) is 5.65. The Morgan fingerprint density at radius 3 is 2.78 bits per heavy atom. The first kappa shape index (κ1) is 17.1. The van der Waals surface area contributed by atoms with Crippen molar-refractivity contribution < 1.29 is 19.1 Å². The van der Waals surface area contributed by atoms with Gasteiger partial charge in [0.25, 0.3) is 0 Å². The molecule has 1 aliphatic heterocycles. The van der Waals surface area contributed by atoms with E-state index in [-0.39, 0.29) is 24.2 Å². The third-order valence-electron chi connectivity index (χ3n) is 4.03.